The average Bonchev–Trinajstić information content (AvgIpc) is 2.29. The molecular weight excluding hydrogens is 218 g/mol. The summed E-state index contributed by atoms with van der Waals surface area (Å²) in [5.74, 6) is 0. The molecule has 1 aliphatic heterocycles. The van der Waals surface area contributed by atoms with E-state index in [2.05, 4.69) is 5.32 Å². The van der Waals surface area contributed by atoms with Crippen LogP contribution in [-0.4, -0.2) is 49.3 Å². The SMILES string of the molecule is CC(C)NC(=O)N1CCC(OCCCN)CC1. The van der Waals surface area contributed by atoms with E-state index in [9.17, 15) is 4.79 Å². The molecule has 5 heteroatoms. The van der Waals surface area contributed by atoms with Gasteiger partial charge in [-0.25, -0.2) is 4.79 Å². The second-order valence-corrected chi connectivity index (χ2v) is 4.80. The number of urea groups is 1. The van der Waals surface area contributed by atoms with Crippen molar-refractivity contribution in [2.75, 3.05) is 26.2 Å². The molecule has 0 aromatic carbocycles. The Morgan fingerprint density at radius 1 is 1.47 bits per heavy atom. The van der Waals surface area contributed by atoms with E-state index in [0.717, 1.165) is 39.0 Å². The van der Waals surface area contributed by atoms with Crippen molar-refractivity contribution in [2.24, 2.45) is 5.73 Å². The predicted octanol–water partition coefficient (Wildman–Crippen LogP) is 0.934. The lowest BCUT2D eigenvalue weighted by molar-refractivity contribution is 0.0144. The van der Waals surface area contributed by atoms with Crippen LogP contribution in [0.15, 0.2) is 0 Å². The van der Waals surface area contributed by atoms with E-state index in [1.165, 1.54) is 0 Å². The van der Waals surface area contributed by atoms with Crippen LogP contribution in [0.5, 0.6) is 0 Å². The van der Waals surface area contributed by atoms with Crippen LogP contribution >= 0.6 is 0 Å². The summed E-state index contributed by atoms with van der Waals surface area (Å²) >= 11 is 0. The molecule has 0 aromatic heterocycles. The minimum Gasteiger partial charge on any atom is -0.378 e. The largest absolute Gasteiger partial charge is 0.378 e. The van der Waals surface area contributed by atoms with Crippen molar-refractivity contribution in [2.45, 2.75) is 45.3 Å². The number of likely N-dealkylation sites (tertiary alicyclic amines) is 1. The van der Waals surface area contributed by atoms with Gasteiger partial charge < -0.3 is 20.7 Å². The smallest absolute Gasteiger partial charge is 0.317 e. The highest BCUT2D eigenvalue weighted by Gasteiger charge is 2.23. The van der Waals surface area contributed by atoms with Crippen molar-refractivity contribution >= 4 is 6.03 Å². The highest BCUT2D eigenvalue weighted by atomic mass is 16.5. The number of piperidine rings is 1. The molecule has 100 valence electrons. The summed E-state index contributed by atoms with van der Waals surface area (Å²) in [4.78, 5) is 13.6. The first-order valence-corrected chi connectivity index (χ1v) is 6.50. The fraction of sp³-hybridized carbons (Fsp3) is 0.917. The van der Waals surface area contributed by atoms with Gasteiger partial charge in [-0.15, -0.1) is 0 Å². The zero-order valence-corrected chi connectivity index (χ0v) is 10.9. The Morgan fingerprint density at radius 3 is 2.65 bits per heavy atom. The minimum atomic E-state index is 0.0420. The standard InChI is InChI=1S/C12H25N3O2/c1-10(2)14-12(16)15-7-4-11(5-8-15)17-9-3-6-13/h10-11H,3-9,13H2,1-2H3,(H,14,16). The number of carbonyl (C=O) groups is 1. The number of rotatable bonds is 5. The molecule has 0 aliphatic carbocycles. The first-order chi connectivity index (χ1) is 8.13. The van der Waals surface area contributed by atoms with Crippen LogP contribution in [-0.2, 0) is 4.74 Å². The van der Waals surface area contributed by atoms with Gasteiger partial charge >= 0.3 is 6.03 Å². The molecule has 1 saturated heterocycles. The van der Waals surface area contributed by atoms with Crippen molar-refractivity contribution in [3.8, 4) is 0 Å². The maximum atomic E-state index is 11.7. The molecule has 0 aromatic rings. The van der Waals surface area contributed by atoms with Gasteiger partial charge in [-0.2, -0.15) is 0 Å². The van der Waals surface area contributed by atoms with E-state index in [1.54, 1.807) is 0 Å². The fourth-order valence-electron chi connectivity index (χ4n) is 1.90. The molecule has 1 heterocycles. The van der Waals surface area contributed by atoms with Gasteiger partial charge in [0.15, 0.2) is 0 Å². The summed E-state index contributed by atoms with van der Waals surface area (Å²) in [6.45, 7) is 6.92. The molecular formula is C12H25N3O2. The van der Waals surface area contributed by atoms with Crippen molar-refractivity contribution in [3.05, 3.63) is 0 Å². The van der Waals surface area contributed by atoms with Crippen LogP contribution in [0.3, 0.4) is 0 Å². The quantitative estimate of drug-likeness (QED) is 0.706. The Morgan fingerprint density at radius 2 is 2.12 bits per heavy atom. The monoisotopic (exact) mass is 243 g/mol. The zero-order valence-electron chi connectivity index (χ0n) is 10.9. The molecule has 3 N–H and O–H groups in total. The van der Waals surface area contributed by atoms with E-state index in [1.807, 2.05) is 18.7 Å². The maximum Gasteiger partial charge on any atom is 0.317 e. The van der Waals surface area contributed by atoms with E-state index in [-0.39, 0.29) is 12.1 Å². The molecule has 1 rings (SSSR count). The van der Waals surface area contributed by atoms with Gasteiger partial charge in [-0.1, -0.05) is 0 Å². The summed E-state index contributed by atoms with van der Waals surface area (Å²) in [6, 6.07) is 0.237. The molecule has 0 unspecified atom stereocenters. The van der Waals surface area contributed by atoms with Crippen molar-refractivity contribution in [1.82, 2.24) is 10.2 Å². The summed E-state index contributed by atoms with van der Waals surface area (Å²) in [6.07, 6.45) is 3.06. The number of nitrogens with one attached hydrogen (secondary N) is 1. The third-order valence-electron chi connectivity index (χ3n) is 2.84. The molecule has 1 fully saturated rings. The van der Waals surface area contributed by atoms with Gasteiger partial charge in [0.1, 0.15) is 0 Å². The Hall–Kier alpha value is -0.810. The van der Waals surface area contributed by atoms with Gasteiger partial charge in [0.25, 0.3) is 0 Å². The van der Waals surface area contributed by atoms with Gasteiger partial charge in [0.2, 0.25) is 0 Å². The predicted molar refractivity (Wildman–Crippen MR) is 67.9 cm³/mol. The van der Waals surface area contributed by atoms with Crippen LogP contribution in [0.25, 0.3) is 0 Å². The van der Waals surface area contributed by atoms with E-state index in [0.29, 0.717) is 12.6 Å². The van der Waals surface area contributed by atoms with E-state index >= 15 is 0 Å². The fourth-order valence-corrected chi connectivity index (χ4v) is 1.90. The number of hydrogen-bond acceptors (Lipinski definition) is 3. The van der Waals surface area contributed by atoms with Crippen molar-refractivity contribution in [3.63, 3.8) is 0 Å². The zero-order chi connectivity index (χ0) is 12.7. The third-order valence-corrected chi connectivity index (χ3v) is 2.84. The first-order valence-electron chi connectivity index (χ1n) is 6.50. The highest BCUT2D eigenvalue weighted by Crippen LogP contribution is 2.14. The van der Waals surface area contributed by atoms with Gasteiger partial charge in [0, 0.05) is 25.7 Å². The number of nitrogens with two attached hydrogens (primary N) is 1. The minimum absolute atomic E-state index is 0.0420. The topological polar surface area (TPSA) is 67.6 Å². The second-order valence-electron chi connectivity index (χ2n) is 4.80. The summed E-state index contributed by atoms with van der Waals surface area (Å²) < 4.78 is 5.69. The van der Waals surface area contributed by atoms with Crippen LogP contribution in [0.1, 0.15) is 33.1 Å². The van der Waals surface area contributed by atoms with Gasteiger partial charge in [-0.05, 0) is 39.7 Å². The Bertz CT molecular complexity index is 226. The molecule has 0 bridgehead atoms. The Kier molecular flexibility index (Phi) is 6.29. The highest BCUT2D eigenvalue weighted by molar-refractivity contribution is 5.74. The number of ether oxygens (including phenoxy) is 1. The summed E-state index contributed by atoms with van der Waals surface area (Å²) in [5.41, 5.74) is 5.41. The van der Waals surface area contributed by atoms with Crippen molar-refractivity contribution < 1.29 is 9.53 Å². The van der Waals surface area contributed by atoms with Crippen LogP contribution < -0.4 is 11.1 Å². The molecule has 17 heavy (non-hydrogen) atoms. The molecule has 1 aliphatic rings. The summed E-state index contributed by atoms with van der Waals surface area (Å²) in [5, 5.41) is 2.91. The number of hydrogen-bond donors (Lipinski definition) is 2. The molecule has 2 amide bonds. The van der Waals surface area contributed by atoms with Crippen LogP contribution in [0, 0.1) is 0 Å². The number of nitrogens with zero attached hydrogens (tertiary/aromatic N) is 1. The number of amides is 2. The van der Waals surface area contributed by atoms with Crippen LogP contribution in [0.2, 0.25) is 0 Å². The molecule has 0 saturated carbocycles. The Balaban J connectivity index is 2.18. The first kappa shape index (κ1) is 14.3. The third kappa shape index (κ3) is 5.37. The Labute approximate surface area is 104 Å². The maximum absolute atomic E-state index is 11.7. The van der Waals surface area contributed by atoms with Crippen LogP contribution in [0.4, 0.5) is 4.79 Å². The lowest BCUT2D eigenvalue weighted by atomic mass is 10.1. The summed E-state index contributed by atoms with van der Waals surface area (Å²) in [7, 11) is 0. The second kappa shape index (κ2) is 7.50. The number of carbonyl (C=O) groups excluding carboxylic acids is 1. The molecule has 5 nitrogen and oxygen atoms in total. The lowest BCUT2D eigenvalue weighted by Gasteiger charge is -2.32. The normalized spacial score (nSPS) is 17.5. The average molecular weight is 243 g/mol. The van der Waals surface area contributed by atoms with E-state index < -0.39 is 0 Å². The van der Waals surface area contributed by atoms with Gasteiger partial charge in [-0.3, -0.25) is 0 Å². The van der Waals surface area contributed by atoms with E-state index in [4.69, 9.17) is 10.5 Å². The molecule has 0 atom stereocenters. The van der Waals surface area contributed by atoms with Crippen molar-refractivity contribution in [1.29, 1.82) is 0 Å². The molecule has 0 radical (unpaired) electrons. The van der Waals surface area contributed by atoms with Gasteiger partial charge in [0.05, 0.1) is 6.10 Å². The molecule has 0 spiro atoms. The lowest BCUT2D eigenvalue weighted by Crippen LogP contribution is -2.47.